The molecule has 0 saturated carbocycles. The van der Waals surface area contributed by atoms with E-state index in [1.165, 1.54) is 0 Å². The van der Waals surface area contributed by atoms with E-state index in [1.54, 1.807) is 35.2 Å². The first-order chi connectivity index (χ1) is 17.7. The molecule has 2 saturated heterocycles. The SMILES string of the molecule is Cc1ccc(S(=O)(=O)OCCC2CCN(c3cccc4c3CN(C3CCC(=O)NC3=O)C4=O)CC2)cc1. The summed E-state index contributed by atoms with van der Waals surface area (Å²) in [6, 6.07) is 11.7. The van der Waals surface area contributed by atoms with Gasteiger partial charge in [0.05, 0.1) is 11.5 Å². The molecule has 196 valence electrons. The first-order valence-electron chi connectivity index (χ1n) is 12.7. The van der Waals surface area contributed by atoms with E-state index in [1.807, 2.05) is 19.1 Å². The summed E-state index contributed by atoms with van der Waals surface area (Å²) in [5, 5.41) is 2.34. The van der Waals surface area contributed by atoms with Gasteiger partial charge in [0.15, 0.2) is 0 Å². The lowest BCUT2D eigenvalue weighted by Gasteiger charge is -2.35. The Labute approximate surface area is 216 Å². The number of rotatable bonds is 7. The standard InChI is InChI=1S/C27H31N3O6S/c1-18-5-7-20(8-6-18)37(34,35)36-16-13-19-11-14-29(15-12-19)23-4-2-3-21-22(23)17-30(27(21)33)24-9-10-25(31)28-26(24)32/h2-8,19,24H,9-17H2,1H3,(H,28,31,32). The second-order valence-corrected chi connectivity index (χ2v) is 11.6. The van der Waals surface area contributed by atoms with Crippen LogP contribution in [0.2, 0.25) is 0 Å². The highest BCUT2D eigenvalue weighted by Crippen LogP contribution is 2.36. The van der Waals surface area contributed by atoms with Gasteiger partial charge in [0.1, 0.15) is 6.04 Å². The summed E-state index contributed by atoms with van der Waals surface area (Å²) in [5.41, 5.74) is 3.52. The molecule has 10 heteroatoms. The van der Waals surface area contributed by atoms with E-state index in [2.05, 4.69) is 10.2 Å². The van der Waals surface area contributed by atoms with Crippen LogP contribution in [0.3, 0.4) is 0 Å². The molecule has 2 fully saturated rings. The Morgan fingerprint density at radius 2 is 1.73 bits per heavy atom. The van der Waals surface area contributed by atoms with Gasteiger partial charge in [-0.05, 0) is 62.8 Å². The second kappa shape index (κ2) is 10.3. The summed E-state index contributed by atoms with van der Waals surface area (Å²) in [5.74, 6) is -0.533. The molecule has 0 bridgehead atoms. The summed E-state index contributed by atoms with van der Waals surface area (Å²) in [6.45, 7) is 3.98. The van der Waals surface area contributed by atoms with E-state index >= 15 is 0 Å². The van der Waals surface area contributed by atoms with Gasteiger partial charge in [0.2, 0.25) is 11.8 Å². The highest BCUT2D eigenvalue weighted by Gasteiger charge is 2.40. The fraction of sp³-hybridized carbons (Fsp3) is 0.444. The minimum absolute atomic E-state index is 0.150. The Bertz CT molecular complexity index is 1320. The Kier molecular flexibility index (Phi) is 7.04. The predicted octanol–water partition coefficient (Wildman–Crippen LogP) is 2.77. The minimum Gasteiger partial charge on any atom is -0.371 e. The lowest BCUT2D eigenvalue weighted by Crippen LogP contribution is -2.52. The van der Waals surface area contributed by atoms with Gasteiger partial charge in [-0.3, -0.25) is 23.9 Å². The number of amides is 3. The van der Waals surface area contributed by atoms with Crippen molar-refractivity contribution in [3.63, 3.8) is 0 Å². The normalized spacial score (nSPS) is 20.8. The van der Waals surface area contributed by atoms with Crippen molar-refractivity contribution in [2.45, 2.75) is 56.5 Å². The van der Waals surface area contributed by atoms with Gasteiger partial charge >= 0.3 is 0 Å². The third-order valence-electron chi connectivity index (χ3n) is 7.59. The van der Waals surface area contributed by atoms with Crippen molar-refractivity contribution in [3.8, 4) is 0 Å². The highest BCUT2D eigenvalue weighted by atomic mass is 32.2. The third kappa shape index (κ3) is 5.26. The molecule has 2 aromatic rings. The monoisotopic (exact) mass is 525 g/mol. The summed E-state index contributed by atoms with van der Waals surface area (Å²) < 4.78 is 30.2. The van der Waals surface area contributed by atoms with Crippen molar-refractivity contribution in [3.05, 3.63) is 59.2 Å². The lowest BCUT2D eigenvalue weighted by molar-refractivity contribution is -0.136. The topological polar surface area (TPSA) is 113 Å². The van der Waals surface area contributed by atoms with Crippen LogP contribution in [-0.4, -0.2) is 56.8 Å². The number of imide groups is 1. The zero-order chi connectivity index (χ0) is 26.2. The van der Waals surface area contributed by atoms with Crippen LogP contribution in [0, 0.1) is 12.8 Å². The number of hydrogen-bond acceptors (Lipinski definition) is 7. The molecule has 1 atom stereocenters. The van der Waals surface area contributed by atoms with Gasteiger partial charge < -0.3 is 9.80 Å². The highest BCUT2D eigenvalue weighted by molar-refractivity contribution is 7.86. The van der Waals surface area contributed by atoms with E-state index in [9.17, 15) is 22.8 Å². The van der Waals surface area contributed by atoms with Crippen LogP contribution in [0.25, 0.3) is 0 Å². The number of benzene rings is 2. The van der Waals surface area contributed by atoms with E-state index < -0.39 is 22.1 Å². The number of carbonyl (C=O) groups is 3. The fourth-order valence-electron chi connectivity index (χ4n) is 5.43. The molecule has 3 aliphatic rings. The van der Waals surface area contributed by atoms with Crippen molar-refractivity contribution in [2.24, 2.45) is 5.92 Å². The Hall–Kier alpha value is -3.24. The Morgan fingerprint density at radius 1 is 1.00 bits per heavy atom. The average molecular weight is 526 g/mol. The third-order valence-corrected chi connectivity index (χ3v) is 8.91. The quantitative estimate of drug-likeness (QED) is 0.437. The van der Waals surface area contributed by atoms with E-state index in [0.717, 1.165) is 42.7 Å². The molecule has 0 radical (unpaired) electrons. The van der Waals surface area contributed by atoms with Crippen LogP contribution in [0.5, 0.6) is 0 Å². The fourth-order valence-corrected chi connectivity index (χ4v) is 6.35. The molecule has 0 spiro atoms. The lowest BCUT2D eigenvalue weighted by atomic mass is 9.93. The van der Waals surface area contributed by atoms with E-state index in [4.69, 9.17) is 4.18 Å². The molecule has 9 nitrogen and oxygen atoms in total. The second-order valence-electron chi connectivity index (χ2n) is 10.0. The number of nitrogens with zero attached hydrogens (tertiary/aromatic N) is 2. The molecule has 1 N–H and O–H groups in total. The summed E-state index contributed by atoms with van der Waals surface area (Å²) in [7, 11) is -3.76. The predicted molar refractivity (Wildman–Crippen MR) is 136 cm³/mol. The number of piperidine rings is 2. The van der Waals surface area contributed by atoms with Crippen molar-refractivity contribution in [1.29, 1.82) is 0 Å². The first kappa shape index (κ1) is 25.4. The van der Waals surface area contributed by atoms with Crippen molar-refractivity contribution in [2.75, 3.05) is 24.6 Å². The molecule has 5 rings (SSSR count). The molecule has 1 unspecified atom stereocenters. The largest absolute Gasteiger partial charge is 0.371 e. The van der Waals surface area contributed by atoms with Gasteiger partial charge in [-0.15, -0.1) is 0 Å². The number of aryl methyl sites for hydroxylation is 1. The van der Waals surface area contributed by atoms with Crippen LogP contribution < -0.4 is 10.2 Å². The molecular weight excluding hydrogens is 494 g/mol. The zero-order valence-corrected chi connectivity index (χ0v) is 21.6. The van der Waals surface area contributed by atoms with Gasteiger partial charge in [-0.2, -0.15) is 8.42 Å². The molecule has 37 heavy (non-hydrogen) atoms. The average Bonchev–Trinajstić information content (AvgIpc) is 3.21. The van der Waals surface area contributed by atoms with Crippen molar-refractivity contribution >= 4 is 33.5 Å². The zero-order valence-electron chi connectivity index (χ0n) is 20.8. The minimum atomic E-state index is -3.76. The van der Waals surface area contributed by atoms with Gasteiger partial charge in [-0.25, -0.2) is 0 Å². The van der Waals surface area contributed by atoms with Crippen LogP contribution in [-0.2, 0) is 30.4 Å². The maximum Gasteiger partial charge on any atom is 0.296 e. The molecule has 0 aliphatic carbocycles. The summed E-state index contributed by atoms with van der Waals surface area (Å²) in [6.07, 6.45) is 3.01. The number of nitrogens with one attached hydrogen (secondary N) is 1. The molecule has 3 amide bonds. The van der Waals surface area contributed by atoms with Crippen LogP contribution in [0.1, 0.15) is 53.6 Å². The van der Waals surface area contributed by atoms with Crippen LogP contribution in [0.4, 0.5) is 5.69 Å². The first-order valence-corrected chi connectivity index (χ1v) is 14.1. The van der Waals surface area contributed by atoms with Crippen LogP contribution >= 0.6 is 0 Å². The number of hydrogen-bond donors (Lipinski definition) is 1. The smallest absolute Gasteiger partial charge is 0.296 e. The summed E-state index contributed by atoms with van der Waals surface area (Å²) in [4.78, 5) is 41.0. The van der Waals surface area contributed by atoms with Gasteiger partial charge in [0.25, 0.3) is 16.0 Å². The van der Waals surface area contributed by atoms with E-state index in [0.29, 0.717) is 30.9 Å². The number of anilines is 1. The molecule has 0 aromatic heterocycles. The van der Waals surface area contributed by atoms with Gasteiger partial charge in [0, 0.05) is 42.9 Å². The molecular formula is C27H31N3O6S. The number of carbonyl (C=O) groups excluding carboxylic acids is 3. The Morgan fingerprint density at radius 3 is 2.43 bits per heavy atom. The maximum absolute atomic E-state index is 13.1. The summed E-state index contributed by atoms with van der Waals surface area (Å²) >= 11 is 0. The molecule has 3 aliphatic heterocycles. The van der Waals surface area contributed by atoms with Crippen molar-refractivity contribution in [1.82, 2.24) is 10.2 Å². The van der Waals surface area contributed by atoms with Crippen molar-refractivity contribution < 1.29 is 27.0 Å². The Balaban J connectivity index is 1.17. The number of fused-ring (bicyclic) bond motifs is 1. The maximum atomic E-state index is 13.1. The molecule has 3 heterocycles. The van der Waals surface area contributed by atoms with E-state index in [-0.39, 0.29) is 29.7 Å². The van der Waals surface area contributed by atoms with Gasteiger partial charge in [-0.1, -0.05) is 23.8 Å². The molecule has 2 aromatic carbocycles. The van der Waals surface area contributed by atoms with Crippen LogP contribution in [0.15, 0.2) is 47.4 Å².